The van der Waals surface area contributed by atoms with Crippen LogP contribution in [0.4, 0.5) is 0 Å². The Labute approximate surface area is 186 Å². The number of aliphatic hydroxyl groups is 1. The van der Waals surface area contributed by atoms with Gasteiger partial charge in [-0.05, 0) is 129 Å². The Morgan fingerprint density at radius 3 is 2.43 bits per heavy atom. The Kier molecular flexibility index (Phi) is 4.92. The zero-order valence-electron chi connectivity index (χ0n) is 20.8. The molecule has 0 radical (unpaired) electrons. The zero-order chi connectivity index (χ0) is 21.5. The predicted octanol–water partition coefficient (Wildman–Crippen LogP) is 7.78. The lowest BCUT2D eigenvalue weighted by molar-refractivity contribution is -0.122. The minimum atomic E-state index is -0.107. The first-order chi connectivity index (χ1) is 14.1. The first-order valence-electron chi connectivity index (χ1n) is 13.4. The lowest BCUT2D eigenvalue weighted by atomic mass is 9.43. The van der Waals surface area contributed by atoms with E-state index in [1.165, 1.54) is 51.4 Å². The zero-order valence-corrected chi connectivity index (χ0v) is 20.8. The van der Waals surface area contributed by atoms with E-state index in [4.69, 9.17) is 0 Å². The molecule has 1 N–H and O–H groups in total. The number of hydrogen-bond donors (Lipinski definition) is 1. The molecule has 0 unspecified atom stereocenters. The summed E-state index contributed by atoms with van der Waals surface area (Å²) in [4.78, 5) is 0. The van der Waals surface area contributed by atoms with Gasteiger partial charge in [0.15, 0.2) is 0 Å². The molecular weight excluding hydrogens is 364 g/mol. The monoisotopic (exact) mass is 412 g/mol. The van der Waals surface area contributed by atoms with Crippen LogP contribution in [0, 0.1) is 51.2 Å². The molecule has 4 saturated carbocycles. The molecule has 0 bridgehead atoms. The smallest absolute Gasteiger partial charge is 0.0545 e. The molecular formula is C29H48O. The third-order valence-corrected chi connectivity index (χ3v) is 12.2. The molecule has 0 aliphatic heterocycles. The lowest BCUT2D eigenvalue weighted by Crippen LogP contribution is -2.54. The van der Waals surface area contributed by atoms with E-state index in [1.807, 2.05) is 0 Å². The molecule has 2 spiro atoms. The van der Waals surface area contributed by atoms with Gasteiger partial charge in [-0.15, -0.1) is 0 Å². The van der Waals surface area contributed by atoms with Crippen LogP contribution in [0.1, 0.15) is 112 Å². The van der Waals surface area contributed by atoms with E-state index in [1.54, 1.807) is 12.0 Å². The van der Waals surface area contributed by atoms with E-state index in [9.17, 15) is 5.11 Å². The minimum Gasteiger partial charge on any atom is -0.393 e. The van der Waals surface area contributed by atoms with Crippen LogP contribution < -0.4 is 0 Å². The van der Waals surface area contributed by atoms with Crippen molar-refractivity contribution in [1.29, 1.82) is 0 Å². The summed E-state index contributed by atoms with van der Waals surface area (Å²) in [6.45, 7) is 14.8. The molecule has 5 rings (SSSR count). The predicted molar refractivity (Wildman–Crippen MR) is 126 cm³/mol. The maximum Gasteiger partial charge on any atom is 0.0545 e. The highest BCUT2D eigenvalue weighted by Crippen LogP contribution is 2.87. The van der Waals surface area contributed by atoms with Crippen LogP contribution in [0.5, 0.6) is 0 Å². The van der Waals surface area contributed by atoms with Crippen molar-refractivity contribution in [2.75, 3.05) is 0 Å². The minimum absolute atomic E-state index is 0.107. The molecule has 170 valence electrons. The van der Waals surface area contributed by atoms with E-state index in [0.717, 1.165) is 30.6 Å². The highest BCUT2D eigenvalue weighted by Gasteiger charge is 2.80. The molecule has 9 atom stereocenters. The fourth-order valence-electron chi connectivity index (χ4n) is 10.8. The number of allylic oxidation sites excluding steroid dienone is 2. The van der Waals surface area contributed by atoms with Crippen LogP contribution in [0.2, 0.25) is 0 Å². The molecule has 4 fully saturated rings. The van der Waals surface area contributed by atoms with Gasteiger partial charge in [-0.2, -0.15) is 0 Å². The topological polar surface area (TPSA) is 20.2 Å². The Morgan fingerprint density at radius 2 is 1.70 bits per heavy atom. The first-order valence-corrected chi connectivity index (χ1v) is 13.4. The summed E-state index contributed by atoms with van der Waals surface area (Å²) < 4.78 is 0. The highest BCUT2D eigenvalue weighted by molar-refractivity contribution is 5.33. The molecule has 5 aliphatic carbocycles. The number of hydrogen-bond acceptors (Lipinski definition) is 1. The van der Waals surface area contributed by atoms with Gasteiger partial charge in [-0.1, -0.05) is 46.3 Å². The Morgan fingerprint density at radius 1 is 0.933 bits per heavy atom. The lowest BCUT2D eigenvalue weighted by Gasteiger charge is -2.61. The third-order valence-electron chi connectivity index (χ3n) is 12.2. The van der Waals surface area contributed by atoms with Crippen molar-refractivity contribution >= 4 is 0 Å². The van der Waals surface area contributed by atoms with Crippen LogP contribution in [-0.2, 0) is 0 Å². The van der Waals surface area contributed by atoms with Crippen LogP contribution >= 0.6 is 0 Å². The fourth-order valence-corrected chi connectivity index (χ4v) is 10.8. The summed E-state index contributed by atoms with van der Waals surface area (Å²) in [5.41, 5.74) is 4.13. The quantitative estimate of drug-likeness (QED) is 0.457. The first kappa shape index (κ1) is 21.5. The van der Waals surface area contributed by atoms with Crippen molar-refractivity contribution in [2.45, 2.75) is 118 Å². The maximum absolute atomic E-state index is 10.7. The van der Waals surface area contributed by atoms with Gasteiger partial charge in [0.1, 0.15) is 0 Å². The number of aliphatic hydroxyl groups excluding tert-OH is 1. The van der Waals surface area contributed by atoms with Gasteiger partial charge < -0.3 is 5.11 Å². The number of fused-ring (bicyclic) bond motifs is 2. The van der Waals surface area contributed by atoms with Crippen LogP contribution in [0.25, 0.3) is 0 Å². The molecule has 30 heavy (non-hydrogen) atoms. The summed E-state index contributed by atoms with van der Waals surface area (Å²) in [5, 5.41) is 10.7. The van der Waals surface area contributed by atoms with Crippen molar-refractivity contribution in [1.82, 2.24) is 0 Å². The van der Waals surface area contributed by atoms with E-state index in [0.29, 0.717) is 33.5 Å². The van der Waals surface area contributed by atoms with Gasteiger partial charge in [0.2, 0.25) is 0 Å². The van der Waals surface area contributed by atoms with Crippen molar-refractivity contribution in [2.24, 2.45) is 51.2 Å². The van der Waals surface area contributed by atoms with Gasteiger partial charge >= 0.3 is 0 Å². The molecule has 1 nitrogen and oxygen atoms in total. The molecule has 1 heteroatoms. The summed E-state index contributed by atoms with van der Waals surface area (Å²) in [5.74, 6) is 3.94. The Balaban J connectivity index is 1.39. The molecule has 5 aliphatic rings. The summed E-state index contributed by atoms with van der Waals surface area (Å²) in [7, 11) is 0. The molecule has 0 aromatic carbocycles. The van der Waals surface area contributed by atoms with E-state index in [-0.39, 0.29) is 6.10 Å². The summed E-state index contributed by atoms with van der Waals surface area (Å²) >= 11 is 0. The van der Waals surface area contributed by atoms with E-state index in [2.05, 4.69) is 47.6 Å². The fraction of sp³-hybridized carbons (Fsp3) is 0.931. The average Bonchev–Trinajstić information content (AvgIpc) is 3.22. The average molecular weight is 413 g/mol. The third kappa shape index (κ3) is 2.63. The van der Waals surface area contributed by atoms with Crippen LogP contribution in [0.15, 0.2) is 11.6 Å². The van der Waals surface area contributed by atoms with Gasteiger partial charge in [0.05, 0.1) is 6.10 Å². The Hall–Kier alpha value is -0.300. The van der Waals surface area contributed by atoms with Crippen molar-refractivity contribution in [3.8, 4) is 0 Å². The standard InChI is InChI=1S/C29H48O/c1-19(2)16-22(30)17-21(4)23-11-13-27(6)25-10-9-24-20(3)8-7-12-28(24)18-29(25,28)15-14-26(23,27)5/h8,19,21-25,30H,7,9-18H2,1-6H3/t21-,22-,23-,24+,25+,26-,27+,28-,29+/m0/s1. The normalized spacial score (nSPS) is 51.3. The van der Waals surface area contributed by atoms with Crippen molar-refractivity contribution < 1.29 is 5.11 Å². The van der Waals surface area contributed by atoms with Crippen LogP contribution in [0.3, 0.4) is 0 Å². The SMILES string of the molecule is CC1=CCC[C@@]23C[C@@]24CC[C@@]2(C)[C@H]([C@@H](C)C[C@@H](O)CC(C)C)CC[C@]2(C)[C@H]4CC[C@H]13. The van der Waals surface area contributed by atoms with Gasteiger partial charge in [0.25, 0.3) is 0 Å². The highest BCUT2D eigenvalue weighted by atomic mass is 16.3. The van der Waals surface area contributed by atoms with Crippen molar-refractivity contribution in [3.05, 3.63) is 11.6 Å². The second kappa shape index (κ2) is 6.85. The van der Waals surface area contributed by atoms with E-state index < -0.39 is 0 Å². The van der Waals surface area contributed by atoms with Crippen molar-refractivity contribution in [3.63, 3.8) is 0 Å². The molecule has 0 aromatic heterocycles. The summed E-state index contributed by atoms with van der Waals surface area (Å²) in [6, 6.07) is 0. The second-order valence-electron chi connectivity index (χ2n) is 13.6. The van der Waals surface area contributed by atoms with Crippen LogP contribution in [-0.4, -0.2) is 11.2 Å². The van der Waals surface area contributed by atoms with E-state index >= 15 is 0 Å². The molecule has 0 saturated heterocycles. The number of rotatable bonds is 5. The van der Waals surface area contributed by atoms with Gasteiger partial charge in [-0.3, -0.25) is 0 Å². The molecule has 0 aromatic rings. The summed E-state index contributed by atoms with van der Waals surface area (Å²) in [6.07, 6.45) is 17.6. The van der Waals surface area contributed by atoms with Gasteiger partial charge in [-0.25, -0.2) is 0 Å². The molecule has 0 heterocycles. The Bertz CT molecular complexity index is 722. The maximum atomic E-state index is 10.7. The molecule has 0 amide bonds. The van der Waals surface area contributed by atoms with Gasteiger partial charge in [0, 0.05) is 0 Å². The second-order valence-corrected chi connectivity index (χ2v) is 13.6. The largest absolute Gasteiger partial charge is 0.393 e.